The van der Waals surface area contributed by atoms with Gasteiger partial charge in [0.1, 0.15) is 11.9 Å². The summed E-state index contributed by atoms with van der Waals surface area (Å²) in [6, 6.07) is 8.25. The van der Waals surface area contributed by atoms with Crippen LogP contribution in [0.25, 0.3) is 0 Å². The molecule has 0 bridgehead atoms. The molecule has 0 saturated carbocycles. The number of carbonyl (C=O) groups excluding carboxylic acids is 1. The highest BCUT2D eigenvalue weighted by Crippen LogP contribution is 2.26. The van der Waals surface area contributed by atoms with Crippen molar-refractivity contribution in [1.82, 2.24) is 4.90 Å². The van der Waals surface area contributed by atoms with Gasteiger partial charge in [-0.2, -0.15) is 10.3 Å². The third-order valence-corrected chi connectivity index (χ3v) is 2.74. The van der Waals surface area contributed by atoms with Crippen LogP contribution in [0.4, 0.5) is 4.79 Å². The fourth-order valence-electron chi connectivity index (χ4n) is 1.92. The lowest BCUT2D eigenvalue weighted by Crippen LogP contribution is -2.33. The van der Waals surface area contributed by atoms with E-state index in [-0.39, 0.29) is 17.9 Å². The second-order valence-electron chi connectivity index (χ2n) is 3.90. The van der Waals surface area contributed by atoms with E-state index < -0.39 is 0 Å². The first-order chi connectivity index (χ1) is 8.67. The summed E-state index contributed by atoms with van der Waals surface area (Å²) in [6.07, 6.45) is 1.63. The third kappa shape index (κ3) is 1.96. The average molecular weight is 240 g/mol. The van der Waals surface area contributed by atoms with Gasteiger partial charge in [-0.25, -0.2) is 4.79 Å². The van der Waals surface area contributed by atoms with Crippen LogP contribution in [-0.4, -0.2) is 23.3 Å². The molecule has 5 heteroatoms. The van der Waals surface area contributed by atoms with Crippen molar-refractivity contribution < 1.29 is 4.79 Å². The number of rotatable bonds is 3. The number of amidine groups is 1. The molecular weight excluding hydrogens is 228 g/mol. The molecule has 2 N–H and O–H groups in total. The molecule has 1 aliphatic heterocycles. The van der Waals surface area contributed by atoms with E-state index in [2.05, 4.69) is 11.6 Å². The van der Waals surface area contributed by atoms with Gasteiger partial charge in [-0.05, 0) is 17.7 Å². The molecule has 0 radical (unpaired) electrons. The molecule has 0 aliphatic carbocycles. The van der Waals surface area contributed by atoms with Gasteiger partial charge < -0.3 is 10.6 Å². The fraction of sp³-hybridized carbons (Fsp3) is 0.154. The number of hydrogen-bond acceptors (Lipinski definition) is 3. The molecular formula is C13H12N4O. The Morgan fingerprint density at radius 2 is 2.17 bits per heavy atom. The summed E-state index contributed by atoms with van der Waals surface area (Å²) in [6.45, 7) is 3.99. The predicted molar refractivity (Wildman–Crippen MR) is 67.8 cm³/mol. The van der Waals surface area contributed by atoms with E-state index in [1.54, 1.807) is 30.3 Å². The van der Waals surface area contributed by atoms with Crippen molar-refractivity contribution in [3.63, 3.8) is 0 Å². The van der Waals surface area contributed by atoms with E-state index >= 15 is 0 Å². The minimum absolute atomic E-state index is 0.270. The van der Waals surface area contributed by atoms with Crippen molar-refractivity contribution in [2.24, 2.45) is 10.7 Å². The van der Waals surface area contributed by atoms with Crippen LogP contribution < -0.4 is 5.73 Å². The van der Waals surface area contributed by atoms with E-state index in [1.165, 1.54) is 4.90 Å². The zero-order valence-electron chi connectivity index (χ0n) is 9.71. The molecule has 0 saturated heterocycles. The molecule has 1 heterocycles. The molecule has 2 amide bonds. The van der Waals surface area contributed by atoms with E-state index in [0.717, 1.165) is 5.56 Å². The Morgan fingerprint density at radius 1 is 1.50 bits per heavy atom. The smallest absolute Gasteiger partial charge is 0.346 e. The van der Waals surface area contributed by atoms with E-state index in [1.807, 2.05) is 6.07 Å². The standard InChI is InChI=1S/C13H12N4O/c1-2-7-17-11(12(15)16-13(17)18)10-5-3-9(8-14)4-6-10/h2-6,11H,1,7H2,(H2,15,16,18). The van der Waals surface area contributed by atoms with E-state index in [9.17, 15) is 4.79 Å². The van der Waals surface area contributed by atoms with E-state index in [0.29, 0.717) is 12.1 Å². The van der Waals surface area contributed by atoms with Crippen LogP contribution in [-0.2, 0) is 0 Å². The first kappa shape index (κ1) is 11.9. The van der Waals surface area contributed by atoms with Gasteiger partial charge in [0, 0.05) is 6.54 Å². The molecule has 90 valence electrons. The number of carbonyl (C=O) groups is 1. The van der Waals surface area contributed by atoms with Crippen LogP contribution >= 0.6 is 0 Å². The molecule has 0 aromatic heterocycles. The first-order valence-corrected chi connectivity index (χ1v) is 5.43. The Labute approximate surface area is 105 Å². The molecule has 1 unspecified atom stereocenters. The molecule has 1 atom stereocenters. The first-order valence-electron chi connectivity index (χ1n) is 5.43. The summed E-state index contributed by atoms with van der Waals surface area (Å²) in [7, 11) is 0. The number of nitrogens with two attached hydrogens (primary N) is 1. The van der Waals surface area contributed by atoms with Crippen LogP contribution in [0, 0.1) is 11.3 Å². The van der Waals surface area contributed by atoms with E-state index in [4.69, 9.17) is 11.0 Å². The SMILES string of the molecule is C=CCN1C(=O)N=C(N)C1c1ccc(C#N)cc1. The van der Waals surface area contributed by atoms with Crippen LogP contribution in [0.3, 0.4) is 0 Å². The molecule has 0 fully saturated rings. The van der Waals surface area contributed by atoms with Gasteiger partial charge in [0.05, 0.1) is 11.6 Å². The molecule has 1 aliphatic rings. The summed E-state index contributed by atoms with van der Waals surface area (Å²) in [5, 5.41) is 8.75. The van der Waals surface area contributed by atoms with Gasteiger partial charge >= 0.3 is 6.03 Å². The van der Waals surface area contributed by atoms with Crippen molar-refractivity contribution in [3.05, 3.63) is 48.0 Å². The Balaban J connectivity index is 2.35. The minimum atomic E-state index is -0.372. The van der Waals surface area contributed by atoms with Gasteiger partial charge in [0.25, 0.3) is 0 Å². The highest BCUT2D eigenvalue weighted by Gasteiger charge is 2.33. The average Bonchev–Trinajstić information content (AvgIpc) is 2.65. The number of benzene rings is 1. The van der Waals surface area contributed by atoms with Crippen molar-refractivity contribution in [3.8, 4) is 6.07 Å². The highest BCUT2D eigenvalue weighted by molar-refractivity contribution is 6.03. The molecule has 1 aromatic carbocycles. The van der Waals surface area contributed by atoms with Gasteiger partial charge in [0.2, 0.25) is 0 Å². The monoisotopic (exact) mass is 240 g/mol. The lowest BCUT2D eigenvalue weighted by molar-refractivity contribution is 0.213. The number of urea groups is 1. The quantitative estimate of drug-likeness (QED) is 0.814. The van der Waals surface area contributed by atoms with Crippen molar-refractivity contribution >= 4 is 11.9 Å². The molecule has 5 nitrogen and oxygen atoms in total. The second-order valence-corrected chi connectivity index (χ2v) is 3.90. The Kier molecular flexibility index (Phi) is 3.11. The maximum atomic E-state index is 11.6. The normalized spacial score (nSPS) is 18.4. The van der Waals surface area contributed by atoms with Crippen molar-refractivity contribution in [2.75, 3.05) is 6.54 Å². The summed E-state index contributed by atoms with van der Waals surface area (Å²) in [5.41, 5.74) is 7.18. The van der Waals surface area contributed by atoms with Gasteiger partial charge in [-0.1, -0.05) is 18.2 Å². The van der Waals surface area contributed by atoms with Gasteiger partial charge in [-0.3, -0.25) is 0 Å². The predicted octanol–water partition coefficient (Wildman–Crippen LogP) is 1.58. The maximum absolute atomic E-state index is 11.6. The number of nitrogens with zero attached hydrogens (tertiary/aromatic N) is 3. The molecule has 18 heavy (non-hydrogen) atoms. The Bertz CT molecular complexity index is 553. The second kappa shape index (κ2) is 4.72. The van der Waals surface area contributed by atoms with Gasteiger partial charge in [0.15, 0.2) is 0 Å². The maximum Gasteiger partial charge on any atom is 0.346 e. The summed E-state index contributed by atoms with van der Waals surface area (Å²) in [4.78, 5) is 16.9. The molecule has 0 spiro atoms. The van der Waals surface area contributed by atoms with Crippen molar-refractivity contribution in [2.45, 2.75) is 6.04 Å². The lowest BCUT2D eigenvalue weighted by atomic mass is 10.0. The fourth-order valence-corrected chi connectivity index (χ4v) is 1.92. The minimum Gasteiger partial charge on any atom is -0.385 e. The molecule has 2 rings (SSSR count). The highest BCUT2D eigenvalue weighted by atomic mass is 16.2. The van der Waals surface area contributed by atoms with Crippen LogP contribution in [0.2, 0.25) is 0 Å². The van der Waals surface area contributed by atoms with Crippen LogP contribution in [0.15, 0.2) is 41.9 Å². The Morgan fingerprint density at radius 3 is 2.72 bits per heavy atom. The largest absolute Gasteiger partial charge is 0.385 e. The number of amides is 2. The summed E-state index contributed by atoms with van der Waals surface area (Å²) >= 11 is 0. The zero-order valence-corrected chi connectivity index (χ0v) is 9.71. The number of aliphatic imine (C=N–C) groups is 1. The lowest BCUT2D eigenvalue weighted by Gasteiger charge is -2.23. The summed E-state index contributed by atoms with van der Waals surface area (Å²) in [5.74, 6) is 0.270. The Hall–Kier alpha value is -2.61. The topological polar surface area (TPSA) is 82.5 Å². The number of nitriles is 1. The van der Waals surface area contributed by atoms with Crippen molar-refractivity contribution in [1.29, 1.82) is 5.26 Å². The van der Waals surface area contributed by atoms with Gasteiger partial charge in [-0.15, -0.1) is 6.58 Å². The third-order valence-electron chi connectivity index (χ3n) is 2.74. The van der Waals surface area contributed by atoms with Crippen LogP contribution in [0.5, 0.6) is 0 Å². The number of hydrogen-bond donors (Lipinski definition) is 1. The van der Waals surface area contributed by atoms with Crippen LogP contribution in [0.1, 0.15) is 17.2 Å². The zero-order chi connectivity index (χ0) is 13.1. The summed E-state index contributed by atoms with van der Waals surface area (Å²) < 4.78 is 0. The molecule has 1 aromatic rings.